The number of ether oxygens (including phenoxy) is 1. The van der Waals surface area contributed by atoms with E-state index in [1.807, 2.05) is 0 Å². The molecular weight excluding hydrogens is 204 g/mol. The molecule has 1 spiro atoms. The third-order valence-corrected chi connectivity index (χ3v) is 4.26. The fourth-order valence-electron chi connectivity index (χ4n) is 3.25. The minimum absolute atomic E-state index is 0.391. The van der Waals surface area contributed by atoms with Gasteiger partial charge < -0.3 is 15.8 Å². The summed E-state index contributed by atoms with van der Waals surface area (Å²) in [6.45, 7) is 1.12. The van der Waals surface area contributed by atoms with Gasteiger partial charge >= 0.3 is 6.09 Å². The predicted molar refractivity (Wildman–Crippen MR) is 62.1 cm³/mol. The summed E-state index contributed by atoms with van der Waals surface area (Å²) in [6.07, 6.45) is 8.90. The highest BCUT2D eigenvalue weighted by atomic mass is 16.5. The van der Waals surface area contributed by atoms with Gasteiger partial charge in [-0.25, -0.2) is 4.79 Å². The zero-order chi connectivity index (χ0) is 11.4. The maximum absolute atomic E-state index is 10.4. The standard InChI is InChI=1S/C12H22N2O2/c13-11(15)16-9-8-14-10-4-7-12(10)5-2-1-3-6-12/h10,14H,1-9H2,(H2,13,15). The van der Waals surface area contributed by atoms with Gasteiger partial charge in [0.05, 0.1) is 0 Å². The molecule has 2 aliphatic carbocycles. The van der Waals surface area contributed by atoms with Crippen molar-refractivity contribution in [3.63, 3.8) is 0 Å². The molecule has 3 N–H and O–H groups in total. The predicted octanol–water partition coefficient (Wildman–Crippen LogP) is 1.78. The molecule has 16 heavy (non-hydrogen) atoms. The second-order valence-electron chi connectivity index (χ2n) is 5.14. The van der Waals surface area contributed by atoms with Crippen LogP contribution in [-0.2, 0) is 4.74 Å². The van der Waals surface area contributed by atoms with E-state index in [9.17, 15) is 4.79 Å². The first-order valence-corrected chi connectivity index (χ1v) is 6.39. The van der Waals surface area contributed by atoms with Crippen LogP contribution in [0.2, 0.25) is 0 Å². The Morgan fingerprint density at radius 1 is 1.31 bits per heavy atom. The van der Waals surface area contributed by atoms with Crippen molar-refractivity contribution in [3.8, 4) is 0 Å². The van der Waals surface area contributed by atoms with Crippen LogP contribution in [0, 0.1) is 5.41 Å². The van der Waals surface area contributed by atoms with Crippen molar-refractivity contribution in [3.05, 3.63) is 0 Å². The summed E-state index contributed by atoms with van der Waals surface area (Å²) >= 11 is 0. The number of primary amides is 1. The Balaban J connectivity index is 1.68. The van der Waals surface area contributed by atoms with Gasteiger partial charge in [0.2, 0.25) is 0 Å². The average molecular weight is 226 g/mol. The minimum Gasteiger partial charge on any atom is -0.448 e. The molecule has 0 aromatic heterocycles. The van der Waals surface area contributed by atoms with Gasteiger partial charge in [0.25, 0.3) is 0 Å². The van der Waals surface area contributed by atoms with E-state index in [1.165, 1.54) is 44.9 Å². The molecule has 1 amide bonds. The first-order valence-electron chi connectivity index (χ1n) is 6.39. The van der Waals surface area contributed by atoms with Crippen LogP contribution in [0.5, 0.6) is 0 Å². The number of hydrogen-bond acceptors (Lipinski definition) is 3. The molecule has 0 bridgehead atoms. The van der Waals surface area contributed by atoms with E-state index in [-0.39, 0.29) is 0 Å². The number of amides is 1. The van der Waals surface area contributed by atoms with Crippen LogP contribution >= 0.6 is 0 Å². The molecule has 0 aromatic carbocycles. The third kappa shape index (κ3) is 2.48. The van der Waals surface area contributed by atoms with Crippen LogP contribution in [0.4, 0.5) is 4.79 Å². The Labute approximate surface area is 96.9 Å². The molecule has 0 aromatic rings. The van der Waals surface area contributed by atoms with E-state index in [2.05, 4.69) is 5.32 Å². The van der Waals surface area contributed by atoms with Crippen molar-refractivity contribution < 1.29 is 9.53 Å². The number of carbonyl (C=O) groups is 1. The second kappa shape index (κ2) is 5.04. The number of carbonyl (C=O) groups excluding carboxylic acids is 1. The number of hydrogen-bond donors (Lipinski definition) is 2. The molecular formula is C12H22N2O2. The van der Waals surface area contributed by atoms with E-state index in [4.69, 9.17) is 10.5 Å². The van der Waals surface area contributed by atoms with Crippen LogP contribution in [0.1, 0.15) is 44.9 Å². The van der Waals surface area contributed by atoms with Gasteiger partial charge in [-0.3, -0.25) is 0 Å². The Hall–Kier alpha value is -0.770. The fraction of sp³-hybridized carbons (Fsp3) is 0.917. The fourth-order valence-corrected chi connectivity index (χ4v) is 3.25. The smallest absolute Gasteiger partial charge is 0.404 e. The van der Waals surface area contributed by atoms with E-state index in [0.717, 1.165) is 6.54 Å². The van der Waals surface area contributed by atoms with Gasteiger partial charge in [-0.1, -0.05) is 19.3 Å². The van der Waals surface area contributed by atoms with Crippen molar-refractivity contribution in [2.24, 2.45) is 11.1 Å². The van der Waals surface area contributed by atoms with Crippen LogP contribution in [0.3, 0.4) is 0 Å². The summed E-state index contributed by atoms with van der Waals surface area (Å²) in [5.74, 6) is 0. The third-order valence-electron chi connectivity index (χ3n) is 4.26. The lowest BCUT2D eigenvalue weighted by atomic mass is 9.57. The lowest BCUT2D eigenvalue weighted by Gasteiger charge is -2.52. The molecule has 2 saturated carbocycles. The summed E-state index contributed by atoms with van der Waals surface area (Å²) in [4.78, 5) is 10.4. The van der Waals surface area contributed by atoms with Crippen molar-refractivity contribution in [1.82, 2.24) is 5.32 Å². The molecule has 0 aliphatic heterocycles. The molecule has 92 valence electrons. The van der Waals surface area contributed by atoms with Gasteiger partial charge in [-0.05, 0) is 31.1 Å². The SMILES string of the molecule is NC(=O)OCCNC1CCC12CCCCC2. The van der Waals surface area contributed by atoms with Crippen molar-refractivity contribution in [2.75, 3.05) is 13.2 Å². The quantitative estimate of drug-likeness (QED) is 0.718. The van der Waals surface area contributed by atoms with Gasteiger partial charge in [-0.2, -0.15) is 0 Å². The monoisotopic (exact) mass is 226 g/mol. The van der Waals surface area contributed by atoms with Crippen LogP contribution < -0.4 is 11.1 Å². The van der Waals surface area contributed by atoms with Crippen LogP contribution in [-0.4, -0.2) is 25.3 Å². The molecule has 1 unspecified atom stereocenters. The van der Waals surface area contributed by atoms with Gasteiger partial charge in [0.15, 0.2) is 0 Å². The maximum atomic E-state index is 10.4. The molecule has 2 aliphatic rings. The first-order chi connectivity index (χ1) is 7.73. The molecule has 4 heteroatoms. The zero-order valence-electron chi connectivity index (χ0n) is 9.84. The molecule has 2 fully saturated rings. The maximum Gasteiger partial charge on any atom is 0.404 e. The largest absolute Gasteiger partial charge is 0.448 e. The Morgan fingerprint density at radius 3 is 2.62 bits per heavy atom. The van der Waals surface area contributed by atoms with E-state index in [1.54, 1.807) is 0 Å². The van der Waals surface area contributed by atoms with Crippen LogP contribution in [0.15, 0.2) is 0 Å². The summed E-state index contributed by atoms with van der Waals surface area (Å²) in [5, 5.41) is 3.50. The van der Waals surface area contributed by atoms with Crippen molar-refractivity contribution in [2.45, 2.75) is 51.0 Å². The number of nitrogens with one attached hydrogen (secondary N) is 1. The van der Waals surface area contributed by atoms with E-state index >= 15 is 0 Å². The average Bonchev–Trinajstić information content (AvgIpc) is 2.28. The summed E-state index contributed by atoms with van der Waals surface area (Å²) < 4.78 is 4.71. The lowest BCUT2D eigenvalue weighted by molar-refractivity contribution is 0.0205. The molecule has 0 saturated heterocycles. The highest BCUT2D eigenvalue weighted by Gasteiger charge is 2.46. The first kappa shape index (κ1) is 11.7. The molecule has 0 heterocycles. The number of nitrogens with two attached hydrogens (primary N) is 1. The van der Waals surface area contributed by atoms with Gasteiger partial charge in [0.1, 0.15) is 6.61 Å². The molecule has 2 rings (SSSR count). The summed E-state index contributed by atoms with van der Waals surface area (Å²) in [5.41, 5.74) is 5.48. The zero-order valence-corrected chi connectivity index (χ0v) is 9.84. The molecule has 1 atom stereocenters. The molecule has 4 nitrogen and oxygen atoms in total. The Bertz CT molecular complexity index is 249. The van der Waals surface area contributed by atoms with Gasteiger partial charge in [-0.15, -0.1) is 0 Å². The summed E-state index contributed by atoms with van der Waals surface area (Å²) in [6, 6.07) is 0.643. The van der Waals surface area contributed by atoms with Gasteiger partial charge in [0, 0.05) is 12.6 Å². The van der Waals surface area contributed by atoms with E-state index in [0.29, 0.717) is 18.1 Å². The van der Waals surface area contributed by atoms with E-state index < -0.39 is 6.09 Å². The van der Waals surface area contributed by atoms with Crippen LogP contribution in [0.25, 0.3) is 0 Å². The van der Waals surface area contributed by atoms with Crippen molar-refractivity contribution in [1.29, 1.82) is 0 Å². The van der Waals surface area contributed by atoms with Crippen molar-refractivity contribution >= 4 is 6.09 Å². The highest BCUT2D eigenvalue weighted by Crippen LogP contribution is 2.51. The minimum atomic E-state index is -0.678. The Kier molecular flexibility index (Phi) is 3.69. The second-order valence-corrected chi connectivity index (χ2v) is 5.14. The Morgan fingerprint density at radius 2 is 2.06 bits per heavy atom. The summed E-state index contributed by atoms with van der Waals surface area (Å²) in [7, 11) is 0. The number of rotatable bonds is 4. The lowest BCUT2D eigenvalue weighted by Crippen LogP contribution is -2.54. The molecule has 0 radical (unpaired) electrons. The normalized spacial score (nSPS) is 27.4. The highest BCUT2D eigenvalue weighted by molar-refractivity contribution is 5.64. The topological polar surface area (TPSA) is 64.4 Å².